The standard InChI is InChI=1S/C13H17F2NO2/c1-3-16(7-9(2)13(17)18)8-10-4-5-11(14)12(15)6-10/h4-6,9H,3,7-8H2,1-2H3,(H,17,18). The first-order valence-corrected chi connectivity index (χ1v) is 5.83. The maximum absolute atomic E-state index is 13.0. The lowest BCUT2D eigenvalue weighted by atomic mass is 10.1. The summed E-state index contributed by atoms with van der Waals surface area (Å²) in [5, 5.41) is 8.84. The molecule has 3 nitrogen and oxygen atoms in total. The van der Waals surface area contributed by atoms with Crippen molar-refractivity contribution < 1.29 is 18.7 Å². The van der Waals surface area contributed by atoms with Crippen LogP contribution >= 0.6 is 0 Å². The molecule has 1 unspecified atom stereocenters. The van der Waals surface area contributed by atoms with Crippen molar-refractivity contribution in [3.05, 3.63) is 35.4 Å². The van der Waals surface area contributed by atoms with Crippen LogP contribution in [0.2, 0.25) is 0 Å². The first-order valence-electron chi connectivity index (χ1n) is 5.83. The normalized spacial score (nSPS) is 12.7. The van der Waals surface area contributed by atoms with Gasteiger partial charge in [0.15, 0.2) is 11.6 Å². The molecule has 0 spiro atoms. The second kappa shape index (κ2) is 6.44. The Hall–Kier alpha value is -1.49. The second-order valence-corrected chi connectivity index (χ2v) is 4.32. The summed E-state index contributed by atoms with van der Waals surface area (Å²) in [4.78, 5) is 12.6. The van der Waals surface area contributed by atoms with Gasteiger partial charge in [-0.1, -0.05) is 19.9 Å². The van der Waals surface area contributed by atoms with E-state index in [2.05, 4.69) is 0 Å². The molecule has 1 aromatic carbocycles. The third kappa shape index (κ3) is 4.07. The van der Waals surface area contributed by atoms with Gasteiger partial charge in [0.1, 0.15) is 0 Å². The molecule has 0 aromatic heterocycles. The topological polar surface area (TPSA) is 40.5 Å². The molecule has 0 aliphatic rings. The van der Waals surface area contributed by atoms with Gasteiger partial charge in [0.25, 0.3) is 0 Å². The van der Waals surface area contributed by atoms with E-state index in [0.717, 1.165) is 12.1 Å². The van der Waals surface area contributed by atoms with Crippen LogP contribution in [0.25, 0.3) is 0 Å². The van der Waals surface area contributed by atoms with Crippen molar-refractivity contribution >= 4 is 5.97 Å². The molecule has 0 heterocycles. The molecule has 0 radical (unpaired) electrons. The minimum absolute atomic E-state index is 0.380. The van der Waals surface area contributed by atoms with E-state index >= 15 is 0 Å². The van der Waals surface area contributed by atoms with Crippen LogP contribution in [0.15, 0.2) is 18.2 Å². The number of aliphatic carboxylic acids is 1. The van der Waals surface area contributed by atoms with Gasteiger partial charge in [-0.2, -0.15) is 0 Å². The summed E-state index contributed by atoms with van der Waals surface area (Å²) >= 11 is 0. The summed E-state index contributed by atoms with van der Waals surface area (Å²) in [6.45, 7) is 4.96. The number of carbonyl (C=O) groups is 1. The first kappa shape index (κ1) is 14.6. The van der Waals surface area contributed by atoms with Gasteiger partial charge in [-0.3, -0.25) is 9.69 Å². The summed E-state index contributed by atoms with van der Waals surface area (Å²) in [5.41, 5.74) is 0.633. The lowest BCUT2D eigenvalue weighted by Crippen LogP contribution is -2.31. The maximum atomic E-state index is 13.0. The zero-order valence-corrected chi connectivity index (χ0v) is 10.5. The van der Waals surface area contributed by atoms with Crippen LogP contribution in [-0.2, 0) is 11.3 Å². The Kier molecular flexibility index (Phi) is 5.22. The van der Waals surface area contributed by atoms with Crippen molar-refractivity contribution in [2.24, 2.45) is 5.92 Å². The summed E-state index contributed by atoms with van der Waals surface area (Å²) in [5.74, 6) is -3.11. The van der Waals surface area contributed by atoms with Crippen molar-refractivity contribution in [1.29, 1.82) is 0 Å². The van der Waals surface area contributed by atoms with Crippen LogP contribution in [0.1, 0.15) is 19.4 Å². The zero-order chi connectivity index (χ0) is 13.7. The average Bonchev–Trinajstić information content (AvgIpc) is 2.32. The van der Waals surface area contributed by atoms with Crippen LogP contribution in [-0.4, -0.2) is 29.1 Å². The molecule has 0 amide bonds. The van der Waals surface area contributed by atoms with Crippen molar-refractivity contribution in [2.45, 2.75) is 20.4 Å². The summed E-state index contributed by atoms with van der Waals surface area (Å²) in [7, 11) is 0. The van der Waals surface area contributed by atoms with Crippen LogP contribution in [0.4, 0.5) is 8.78 Å². The smallest absolute Gasteiger partial charge is 0.307 e. The number of hydrogen-bond acceptors (Lipinski definition) is 2. The number of benzene rings is 1. The highest BCUT2D eigenvalue weighted by atomic mass is 19.2. The van der Waals surface area contributed by atoms with Crippen molar-refractivity contribution in [2.75, 3.05) is 13.1 Å². The third-order valence-electron chi connectivity index (χ3n) is 2.79. The number of carboxylic acids is 1. The Morgan fingerprint density at radius 2 is 2.06 bits per heavy atom. The van der Waals surface area contributed by atoms with Gasteiger partial charge in [0.2, 0.25) is 0 Å². The molecule has 1 aromatic rings. The van der Waals surface area contributed by atoms with Crippen LogP contribution < -0.4 is 0 Å². The van der Waals surface area contributed by atoms with Gasteiger partial charge in [-0.05, 0) is 24.2 Å². The largest absolute Gasteiger partial charge is 0.481 e. The lowest BCUT2D eigenvalue weighted by molar-refractivity contribution is -0.141. The molecule has 100 valence electrons. The highest BCUT2D eigenvalue weighted by molar-refractivity contribution is 5.69. The fourth-order valence-electron chi connectivity index (χ4n) is 1.67. The maximum Gasteiger partial charge on any atom is 0.307 e. The summed E-state index contributed by atoms with van der Waals surface area (Å²) in [6.07, 6.45) is 0. The number of rotatable bonds is 6. The molecular weight excluding hydrogens is 240 g/mol. The SMILES string of the molecule is CCN(Cc1ccc(F)c(F)c1)CC(C)C(=O)O. The van der Waals surface area contributed by atoms with Gasteiger partial charge in [-0.25, -0.2) is 8.78 Å². The number of carboxylic acid groups (broad SMARTS) is 1. The minimum Gasteiger partial charge on any atom is -0.481 e. The zero-order valence-electron chi connectivity index (χ0n) is 10.5. The Balaban J connectivity index is 2.67. The number of hydrogen-bond donors (Lipinski definition) is 1. The molecule has 0 aliphatic carbocycles. The molecule has 1 rings (SSSR count). The Morgan fingerprint density at radius 3 is 2.56 bits per heavy atom. The molecule has 0 saturated heterocycles. The van der Waals surface area contributed by atoms with Crippen LogP contribution in [0.5, 0.6) is 0 Å². The molecule has 18 heavy (non-hydrogen) atoms. The first-order chi connectivity index (χ1) is 8.43. The molecule has 0 bridgehead atoms. The Labute approximate surface area is 105 Å². The highest BCUT2D eigenvalue weighted by Gasteiger charge is 2.15. The lowest BCUT2D eigenvalue weighted by Gasteiger charge is -2.22. The molecule has 5 heteroatoms. The predicted octanol–water partition coefficient (Wildman–Crippen LogP) is 2.51. The van der Waals surface area contributed by atoms with E-state index in [1.165, 1.54) is 6.07 Å². The van der Waals surface area contributed by atoms with Crippen molar-refractivity contribution in [3.8, 4) is 0 Å². The minimum atomic E-state index is -0.880. The monoisotopic (exact) mass is 257 g/mol. The summed E-state index contributed by atoms with van der Waals surface area (Å²) < 4.78 is 25.8. The van der Waals surface area contributed by atoms with Crippen molar-refractivity contribution in [3.63, 3.8) is 0 Å². The number of halogens is 2. The molecular formula is C13H17F2NO2. The van der Waals surface area contributed by atoms with Crippen molar-refractivity contribution in [1.82, 2.24) is 4.90 Å². The van der Waals surface area contributed by atoms with E-state index in [4.69, 9.17) is 5.11 Å². The quantitative estimate of drug-likeness (QED) is 0.851. The molecule has 0 aliphatic heterocycles. The van der Waals surface area contributed by atoms with E-state index in [9.17, 15) is 13.6 Å². The molecule has 1 atom stereocenters. The van der Waals surface area contributed by atoms with E-state index < -0.39 is 23.5 Å². The fourth-order valence-corrected chi connectivity index (χ4v) is 1.67. The van der Waals surface area contributed by atoms with E-state index in [-0.39, 0.29) is 0 Å². The van der Waals surface area contributed by atoms with Gasteiger partial charge in [-0.15, -0.1) is 0 Å². The molecule has 0 fully saturated rings. The van der Waals surface area contributed by atoms with Gasteiger partial charge >= 0.3 is 5.97 Å². The van der Waals surface area contributed by atoms with Crippen LogP contribution in [0.3, 0.4) is 0 Å². The fraction of sp³-hybridized carbons (Fsp3) is 0.462. The predicted molar refractivity (Wildman–Crippen MR) is 64.1 cm³/mol. The number of nitrogens with zero attached hydrogens (tertiary/aromatic N) is 1. The highest BCUT2D eigenvalue weighted by Crippen LogP contribution is 2.12. The summed E-state index contributed by atoms with van der Waals surface area (Å²) in [6, 6.07) is 3.73. The van der Waals surface area contributed by atoms with Gasteiger partial charge in [0, 0.05) is 13.1 Å². The molecule has 0 saturated carbocycles. The van der Waals surface area contributed by atoms with Crippen LogP contribution in [0, 0.1) is 17.6 Å². The van der Waals surface area contributed by atoms with Gasteiger partial charge < -0.3 is 5.11 Å². The average molecular weight is 257 g/mol. The molecule has 1 N–H and O–H groups in total. The third-order valence-corrected chi connectivity index (χ3v) is 2.79. The van der Waals surface area contributed by atoms with E-state index in [1.807, 2.05) is 11.8 Å². The Bertz CT molecular complexity index is 423. The van der Waals surface area contributed by atoms with Gasteiger partial charge in [0.05, 0.1) is 5.92 Å². The Morgan fingerprint density at radius 1 is 1.39 bits per heavy atom. The van der Waals surface area contributed by atoms with E-state index in [1.54, 1.807) is 6.92 Å². The second-order valence-electron chi connectivity index (χ2n) is 4.32. The van der Waals surface area contributed by atoms with E-state index in [0.29, 0.717) is 25.2 Å².